The fraction of sp³-hybridized carbons (Fsp3) is 0.421. The molecule has 1 atom stereocenters. The van der Waals surface area contributed by atoms with E-state index in [4.69, 9.17) is 4.74 Å². The lowest BCUT2D eigenvalue weighted by Crippen LogP contribution is -2.41. The topological polar surface area (TPSA) is 55.3 Å². The van der Waals surface area contributed by atoms with Crippen LogP contribution < -0.4 is 4.74 Å². The minimum atomic E-state index is -0.443. The van der Waals surface area contributed by atoms with Crippen LogP contribution in [0.2, 0.25) is 0 Å². The lowest BCUT2D eigenvalue weighted by Gasteiger charge is -2.33. The first-order chi connectivity index (χ1) is 12.0. The monoisotopic (exact) mass is 343 g/mol. The van der Waals surface area contributed by atoms with E-state index in [0.29, 0.717) is 6.54 Å². The van der Waals surface area contributed by atoms with E-state index < -0.39 is 5.82 Å². The first kappa shape index (κ1) is 17.3. The molecule has 1 aliphatic heterocycles. The molecule has 1 saturated heterocycles. The maximum absolute atomic E-state index is 13.7. The molecule has 1 aromatic carbocycles. The maximum Gasteiger partial charge on any atom is 0.238 e. The fourth-order valence-corrected chi connectivity index (χ4v) is 3.03. The van der Waals surface area contributed by atoms with Gasteiger partial charge in [0.2, 0.25) is 11.8 Å². The number of ether oxygens (including phenoxy) is 1. The number of nitrogens with zero attached hydrogens (tertiary/aromatic N) is 3. The van der Waals surface area contributed by atoms with Gasteiger partial charge in [-0.1, -0.05) is 26.0 Å². The average molecular weight is 343 g/mol. The van der Waals surface area contributed by atoms with Gasteiger partial charge < -0.3 is 9.64 Å². The van der Waals surface area contributed by atoms with Gasteiger partial charge in [0, 0.05) is 31.1 Å². The zero-order valence-electron chi connectivity index (χ0n) is 14.5. The summed E-state index contributed by atoms with van der Waals surface area (Å²) in [6, 6.07) is 6.19. The van der Waals surface area contributed by atoms with Crippen LogP contribution >= 0.6 is 0 Å². The maximum atomic E-state index is 13.7. The molecule has 1 unspecified atom stereocenters. The molecule has 2 heterocycles. The van der Waals surface area contributed by atoms with Crippen molar-refractivity contribution >= 4 is 5.91 Å². The van der Waals surface area contributed by atoms with Crippen LogP contribution in [0, 0.1) is 11.7 Å². The molecule has 5 nitrogen and oxygen atoms in total. The number of piperidine rings is 1. The van der Waals surface area contributed by atoms with E-state index in [1.807, 2.05) is 18.7 Å². The van der Waals surface area contributed by atoms with Crippen molar-refractivity contribution in [3.63, 3.8) is 0 Å². The summed E-state index contributed by atoms with van der Waals surface area (Å²) in [5.41, 5.74) is 0.773. The molecule has 0 radical (unpaired) electrons. The Bertz CT molecular complexity index is 751. The van der Waals surface area contributed by atoms with Crippen molar-refractivity contribution in [3.05, 3.63) is 48.2 Å². The van der Waals surface area contributed by atoms with Gasteiger partial charge in [-0.05, 0) is 25.0 Å². The van der Waals surface area contributed by atoms with Crippen LogP contribution in [-0.4, -0.2) is 33.9 Å². The Morgan fingerprint density at radius 3 is 2.88 bits per heavy atom. The number of hydrogen-bond acceptors (Lipinski definition) is 4. The van der Waals surface area contributed by atoms with Gasteiger partial charge in [-0.3, -0.25) is 9.78 Å². The van der Waals surface area contributed by atoms with Crippen molar-refractivity contribution in [2.75, 3.05) is 13.1 Å². The summed E-state index contributed by atoms with van der Waals surface area (Å²) in [7, 11) is 0. The van der Waals surface area contributed by atoms with E-state index in [2.05, 4.69) is 9.97 Å². The standard InChI is InChI=1S/C19H22FN3O2/c1-13(2)19(24)23-9-5-6-14(12-23)16-10-21-11-18(22-16)25-17-8-4-3-7-15(17)20/h3-4,7-8,10-11,13-14H,5-6,9,12H2,1-2H3. The third-order valence-corrected chi connectivity index (χ3v) is 4.33. The molecular weight excluding hydrogens is 321 g/mol. The van der Waals surface area contributed by atoms with Crippen molar-refractivity contribution in [1.29, 1.82) is 0 Å². The quantitative estimate of drug-likeness (QED) is 0.848. The number of likely N-dealkylation sites (tertiary alicyclic amines) is 1. The highest BCUT2D eigenvalue weighted by Crippen LogP contribution is 2.28. The SMILES string of the molecule is CC(C)C(=O)N1CCCC(c2cncc(Oc3ccccc3F)n2)C1. The highest BCUT2D eigenvalue weighted by atomic mass is 19.1. The highest BCUT2D eigenvalue weighted by molar-refractivity contribution is 5.78. The van der Waals surface area contributed by atoms with E-state index in [0.717, 1.165) is 25.1 Å². The molecule has 1 fully saturated rings. The smallest absolute Gasteiger partial charge is 0.238 e. The minimum Gasteiger partial charge on any atom is -0.434 e. The third kappa shape index (κ3) is 4.13. The van der Waals surface area contributed by atoms with E-state index in [-0.39, 0.29) is 29.4 Å². The first-order valence-electron chi connectivity index (χ1n) is 8.57. The zero-order valence-corrected chi connectivity index (χ0v) is 14.5. The normalized spacial score (nSPS) is 17.6. The summed E-state index contributed by atoms with van der Waals surface area (Å²) in [5, 5.41) is 0. The number of para-hydroxylation sites is 1. The molecule has 0 bridgehead atoms. The Morgan fingerprint density at radius 2 is 2.12 bits per heavy atom. The second-order valence-electron chi connectivity index (χ2n) is 6.59. The Hall–Kier alpha value is -2.50. The van der Waals surface area contributed by atoms with Crippen LogP contribution in [0.3, 0.4) is 0 Å². The molecule has 0 aliphatic carbocycles. The van der Waals surface area contributed by atoms with Gasteiger partial charge in [-0.2, -0.15) is 0 Å². The number of rotatable bonds is 4. The lowest BCUT2D eigenvalue weighted by molar-refractivity contribution is -0.135. The molecule has 1 aliphatic rings. The zero-order chi connectivity index (χ0) is 17.8. The molecule has 0 spiro atoms. The van der Waals surface area contributed by atoms with E-state index in [1.165, 1.54) is 12.3 Å². The summed E-state index contributed by atoms with van der Waals surface area (Å²) in [6.45, 7) is 5.24. The van der Waals surface area contributed by atoms with Gasteiger partial charge in [0.1, 0.15) is 0 Å². The van der Waals surface area contributed by atoms with Crippen LogP contribution in [0.4, 0.5) is 4.39 Å². The van der Waals surface area contributed by atoms with Crippen molar-refractivity contribution < 1.29 is 13.9 Å². The Morgan fingerprint density at radius 1 is 1.32 bits per heavy atom. The van der Waals surface area contributed by atoms with Crippen molar-refractivity contribution in [2.24, 2.45) is 5.92 Å². The molecule has 132 valence electrons. The predicted octanol–water partition coefficient (Wildman–Crippen LogP) is 3.77. The number of halogens is 1. The predicted molar refractivity (Wildman–Crippen MR) is 91.9 cm³/mol. The summed E-state index contributed by atoms with van der Waals surface area (Å²) in [5.74, 6) is 0.204. The number of hydrogen-bond donors (Lipinski definition) is 0. The van der Waals surface area contributed by atoms with Crippen molar-refractivity contribution in [1.82, 2.24) is 14.9 Å². The minimum absolute atomic E-state index is 0.0134. The van der Waals surface area contributed by atoms with Crippen molar-refractivity contribution in [3.8, 4) is 11.6 Å². The summed E-state index contributed by atoms with van der Waals surface area (Å²) >= 11 is 0. The van der Waals surface area contributed by atoms with Gasteiger partial charge >= 0.3 is 0 Å². The first-order valence-corrected chi connectivity index (χ1v) is 8.57. The molecule has 25 heavy (non-hydrogen) atoms. The van der Waals surface area contributed by atoms with Crippen LogP contribution in [0.5, 0.6) is 11.6 Å². The molecular formula is C19H22FN3O2. The molecule has 1 aromatic heterocycles. The molecule has 3 rings (SSSR count). The van der Waals surface area contributed by atoms with Gasteiger partial charge in [0.05, 0.1) is 11.9 Å². The summed E-state index contributed by atoms with van der Waals surface area (Å²) < 4.78 is 19.3. The van der Waals surface area contributed by atoms with Crippen LogP contribution in [0.25, 0.3) is 0 Å². The van der Waals surface area contributed by atoms with Gasteiger partial charge in [0.25, 0.3) is 0 Å². The Labute approximate surface area is 146 Å². The van der Waals surface area contributed by atoms with E-state index >= 15 is 0 Å². The van der Waals surface area contributed by atoms with Gasteiger partial charge in [-0.15, -0.1) is 0 Å². The number of benzene rings is 1. The second-order valence-corrected chi connectivity index (χ2v) is 6.59. The number of carbonyl (C=O) groups excluding carboxylic acids is 1. The van der Waals surface area contributed by atoms with Gasteiger partial charge in [-0.25, -0.2) is 9.37 Å². The number of amides is 1. The van der Waals surface area contributed by atoms with E-state index in [1.54, 1.807) is 24.4 Å². The molecule has 0 saturated carbocycles. The lowest BCUT2D eigenvalue weighted by atomic mass is 9.94. The molecule has 6 heteroatoms. The second kappa shape index (κ2) is 7.59. The van der Waals surface area contributed by atoms with Crippen LogP contribution in [0.15, 0.2) is 36.7 Å². The summed E-state index contributed by atoms with van der Waals surface area (Å²) in [4.78, 5) is 22.8. The Balaban J connectivity index is 1.75. The van der Waals surface area contributed by atoms with Crippen LogP contribution in [-0.2, 0) is 4.79 Å². The molecule has 0 N–H and O–H groups in total. The van der Waals surface area contributed by atoms with Crippen molar-refractivity contribution in [2.45, 2.75) is 32.6 Å². The van der Waals surface area contributed by atoms with Crippen LogP contribution in [0.1, 0.15) is 38.3 Å². The number of carbonyl (C=O) groups is 1. The summed E-state index contributed by atoms with van der Waals surface area (Å²) in [6.07, 6.45) is 5.04. The molecule has 1 amide bonds. The van der Waals surface area contributed by atoms with E-state index in [9.17, 15) is 9.18 Å². The highest BCUT2D eigenvalue weighted by Gasteiger charge is 2.27. The van der Waals surface area contributed by atoms with Gasteiger partial charge in [0.15, 0.2) is 11.6 Å². The Kier molecular flexibility index (Phi) is 5.26. The largest absolute Gasteiger partial charge is 0.434 e. The molecule has 2 aromatic rings. The average Bonchev–Trinajstić information content (AvgIpc) is 2.63. The third-order valence-electron chi connectivity index (χ3n) is 4.33. The fourth-order valence-electron chi connectivity index (χ4n) is 3.03. The number of aromatic nitrogens is 2.